The fourth-order valence-electron chi connectivity index (χ4n) is 2.45. The summed E-state index contributed by atoms with van der Waals surface area (Å²) < 4.78 is 5.61. The number of carbonyl (C=O) groups excluding carboxylic acids is 1. The molecule has 22 heavy (non-hydrogen) atoms. The summed E-state index contributed by atoms with van der Waals surface area (Å²) in [4.78, 5) is 14.3. The van der Waals surface area contributed by atoms with Crippen LogP contribution in [0.4, 0.5) is 16.2 Å². The molecule has 0 radical (unpaired) electrons. The van der Waals surface area contributed by atoms with Crippen molar-refractivity contribution in [1.82, 2.24) is 0 Å². The number of nitrogens with one attached hydrogen (secondary N) is 1. The molecule has 5 heteroatoms. The average molecular weight is 317 g/mol. The lowest BCUT2D eigenvalue weighted by atomic mass is 10.1. The molecule has 0 saturated carbocycles. The second-order valence-corrected chi connectivity index (χ2v) is 5.80. The Bertz CT molecular complexity index is 731. The Hall–Kier alpha value is -2.20. The van der Waals surface area contributed by atoms with E-state index in [9.17, 15) is 4.79 Å². The van der Waals surface area contributed by atoms with Gasteiger partial charge in [-0.2, -0.15) is 0 Å². The summed E-state index contributed by atoms with van der Waals surface area (Å²) in [6.45, 7) is 4.93. The first-order valence-electron chi connectivity index (χ1n) is 7.13. The molecule has 2 aromatic carbocycles. The summed E-state index contributed by atoms with van der Waals surface area (Å²) in [5.74, 6) is 0.731. The van der Waals surface area contributed by atoms with Crippen LogP contribution in [-0.4, -0.2) is 19.2 Å². The van der Waals surface area contributed by atoms with E-state index in [-0.39, 0.29) is 6.03 Å². The van der Waals surface area contributed by atoms with Crippen LogP contribution in [0.5, 0.6) is 5.75 Å². The predicted molar refractivity (Wildman–Crippen MR) is 89.2 cm³/mol. The first kappa shape index (κ1) is 14.7. The lowest BCUT2D eigenvalue weighted by Gasteiger charge is -2.30. The monoisotopic (exact) mass is 316 g/mol. The first-order chi connectivity index (χ1) is 10.5. The fraction of sp³-hybridized carbons (Fsp3) is 0.235. The van der Waals surface area contributed by atoms with E-state index in [1.54, 1.807) is 17.0 Å². The summed E-state index contributed by atoms with van der Waals surface area (Å²) in [5.41, 5.74) is 3.57. The number of hydrogen-bond acceptors (Lipinski definition) is 2. The molecule has 4 nitrogen and oxygen atoms in total. The molecule has 1 aliphatic rings. The van der Waals surface area contributed by atoms with E-state index in [1.165, 1.54) is 0 Å². The van der Waals surface area contributed by atoms with E-state index in [0.717, 1.165) is 28.3 Å². The van der Waals surface area contributed by atoms with Gasteiger partial charge in [-0.1, -0.05) is 23.7 Å². The van der Waals surface area contributed by atoms with Gasteiger partial charge in [-0.25, -0.2) is 4.79 Å². The van der Waals surface area contributed by atoms with Crippen molar-refractivity contribution >= 4 is 29.0 Å². The Labute approximate surface area is 134 Å². The van der Waals surface area contributed by atoms with Gasteiger partial charge >= 0.3 is 6.03 Å². The molecule has 1 aliphatic heterocycles. The second-order valence-electron chi connectivity index (χ2n) is 5.36. The number of amides is 2. The average Bonchev–Trinajstić information content (AvgIpc) is 2.50. The summed E-state index contributed by atoms with van der Waals surface area (Å²) in [5, 5.41) is 3.52. The van der Waals surface area contributed by atoms with Gasteiger partial charge in [0.1, 0.15) is 12.4 Å². The molecule has 0 spiro atoms. The molecule has 0 aromatic heterocycles. The Morgan fingerprint density at radius 1 is 1.23 bits per heavy atom. The van der Waals surface area contributed by atoms with Crippen LogP contribution in [0.15, 0.2) is 36.4 Å². The highest BCUT2D eigenvalue weighted by Crippen LogP contribution is 2.33. The SMILES string of the molecule is Cc1ccc2c(c1)N(C(=O)Nc1cc(Cl)ccc1C)CCO2. The third-order valence-corrected chi connectivity index (χ3v) is 3.90. The van der Waals surface area contributed by atoms with Crippen LogP contribution in [0.3, 0.4) is 0 Å². The van der Waals surface area contributed by atoms with Crippen molar-refractivity contribution in [2.24, 2.45) is 0 Å². The fourth-order valence-corrected chi connectivity index (χ4v) is 2.62. The molecule has 0 unspecified atom stereocenters. The second kappa shape index (κ2) is 5.89. The molecule has 1 heterocycles. The Morgan fingerprint density at radius 3 is 2.86 bits per heavy atom. The molecule has 0 aliphatic carbocycles. The number of fused-ring (bicyclic) bond motifs is 1. The van der Waals surface area contributed by atoms with Gasteiger partial charge in [0.15, 0.2) is 0 Å². The van der Waals surface area contributed by atoms with Crippen molar-refractivity contribution in [3.8, 4) is 5.75 Å². The number of rotatable bonds is 1. The number of carbonyl (C=O) groups is 1. The zero-order chi connectivity index (χ0) is 15.7. The van der Waals surface area contributed by atoms with Crippen LogP contribution >= 0.6 is 11.6 Å². The maximum atomic E-state index is 12.6. The Morgan fingerprint density at radius 2 is 2.05 bits per heavy atom. The number of urea groups is 1. The molecule has 0 bridgehead atoms. The first-order valence-corrected chi connectivity index (χ1v) is 7.50. The minimum absolute atomic E-state index is 0.180. The van der Waals surface area contributed by atoms with E-state index in [0.29, 0.717) is 18.2 Å². The molecule has 0 atom stereocenters. The predicted octanol–water partition coefficient (Wildman–Crippen LogP) is 4.39. The van der Waals surface area contributed by atoms with Gasteiger partial charge in [-0.05, 0) is 49.2 Å². The van der Waals surface area contributed by atoms with Gasteiger partial charge in [-0.3, -0.25) is 4.90 Å². The van der Waals surface area contributed by atoms with E-state index in [4.69, 9.17) is 16.3 Å². The van der Waals surface area contributed by atoms with Crippen molar-refractivity contribution in [1.29, 1.82) is 0 Å². The van der Waals surface area contributed by atoms with Crippen molar-refractivity contribution in [2.45, 2.75) is 13.8 Å². The third-order valence-electron chi connectivity index (χ3n) is 3.66. The number of benzene rings is 2. The van der Waals surface area contributed by atoms with Crippen LogP contribution in [0.25, 0.3) is 0 Å². The maximum Gasteiger partial charge on any atom is 0.326 e. The van der Waals surface area contributed by atoms with E-state index in [2.05, 4.69) is 5.32 Å². The van der Waals surface area contributed by atoms with E-state index in [1.807, 2.05) is 38.1 Å². The number of ether oxygens (including phenoxy) is 1. The number of aryl methyl sites for hydroxylation is 2. The van der Waals surface area contributed by atoms with Gasteiger partial charge in [0.2, 0.25) is 0 Å². The van der Waals surface area contributed by atoms with Crippen LogP contribution in [0.2, 0.25) is 5.02 Å². The zero-order valence-electron chi connectivity index (χ0n) is 12.5. The van der Waals surface area contributed by atoms with Crippen LogP contribution in [0, 0.1) is 13.8 Å². The van der Waals surface area contributed by atoms with E-state index >= 15 is 0 Å². The highest BCUT2D eigenvalue weighted by molar-refractivity contribution is 6.31. The number of hydrogen-bond donors (Lipinski definition) is 1. The van der Waals surface area contributed by atoms with Gasteiger partial charge < -0.3 is 10.1 Å². The van der Waals surface area contributed by atoms with E-state index < -0.39 is 0 Å². The molecule has 3 rings (SSSR count). The quantitative estimate of drug-likeness (QED) is 0.848. The highest BCUT2D eigenvalue weighted by atomic mass is 35.5. The van der Waals surface area contributed by atoms with Gasteiger partial charge in [0.25, 0.3) is 0 Å². The lowest BCUT2D eigenvalue weighted by molar-refractivity contribution is 0.250. The maximum absolute atomic E-state index is 12.6. The molecule has 1 N–H and O–H groups in total. The van der Waals surface area contributed by atoms with Crippen molar-refractivity contribution in [3.63, 3.8) is 0 Å². The smallest absolute Gasteiger partial charge is 0.326 e. The number of anilines is 2. The zero-order valence-corrected chi connectivity index (χ0v) is 13.3. The minimum atomic E-state index is -0.180. The Kier molecular flexibility index (Phi) is 3.94. The third kappa shape index (κ3) is 2.88. The largest absolute Gasteiger partial charge is 0.490 e. The standard InChI is InChI=1S/C17H17ClN2O2/c1-11-3-6-16-15(9-11)20(7-8-22-16)17(21)19-14-10-13(18)5-4-12(14)2/h3-6,9-10H,7-8H2,1-2H3,(H,19,21). The molecular weight excluding hydrogens is 300 g/mol. The molecule has 0 saturated heterocycles. The molecule has 0 fully saturated rings. The van der Waals surface area contributed by atoms with Crippen LogP contribution < -0.4 is 15.0 Å². The number of nitrogens with zero attached hydrogens (tertiary/aromatic N) is 1. The molecule has 2 amide bonds. The van der Waals surface area contributed by atoms with Crippen molar-refractivity contribution in [2.75, 3.05) is 23.4 Å². The molecule has 114 valence electrons. The van der Waals surface area contributed by atoms with Crippen molar-refractivity contribution < 1.29 is 9.53 Å². The van der Waals surface area contributed by atoms with Gasteiger partial charge in [0, 0.05) is 10.7 Å². The Balaban J connectivity index is 1.88. The summed E-state index contributed by atoms with van der Waals surface area (Å²) >= 11 is 6.00. The molecule has 2 aromatic rings. The topological polar surface area (TPSA) is 41.6 Å². The normalized spacial score (nSPS) is 13.3. The minimum Gasteiger partial charge on any atom is -0.490 e. The summed E-state index contributed by atoms with van der Waals surface area (Å²) in [6.07, 6.45) is 0. The number of halogens is 1. The van der Waals surface area contributed by atoms with Crippen molar-refractivity contribution in [3.05, 3.63) is 52.5 Å². The molecular formula is C17H17ClN2O2. The van der Waals surface area contributed by atoms with Gasteiger partial charge in [0.05, 0.1) is 12.2 Å². The van der Waals surface area contributed by atoms with Gasteiger partial charge in [-0.15, -0.1) is 0 Å². The summed E-state index contributed by atoms with van der Waals surface area (Å²) in [7, 11) is 0. The highest BCUT2D eigenvalue weighted by Gasteiger charge is 2.24. The lowest BCUT2D eigenvalue weighted by Crippen LogP contribution is -2.40. The van der Waals surface area contributed by atoms with Crippen LogP contribution in [-0.2, 0) is 0 Å². The van der Waals surface area contributed by atoms with Crippen LogP contribution in [0.1, 0.15) is 11.1 Å². The summed E-state index contributed by atoms with van der Waals surface area (Å²) in [6, 6.07) is 11.1.